The van der Waals surface area contributed by atoms with Crippen LogP contribution in [0.3, 0.4) is 0 Å². The van der Waals surface area contributed by atoms with Gasteiger partial charge in [-0.05, 0) is 158 Å². The van der Waals surface area contributed by atoms with Gasteiger partial charge in [0.2, 0.25) is 0 Å². The largest absolute Gasteiger partial charge is 0.488 e. The number of halogens is 1. The Hall–Kier alpha value is -4.79. The summed E-state index contributed by atoms with van der Waals surface area (Å²) in [6.45, 7) is 32.7. The summed E-state index contributed by atoms with van der Waals surface area (Å²) in [7, 11) is -1.31. The fourth-order valence-corrected chi connectivity index (χ4v) is 8.54. The predicted molar refractivity (Wildman–Crippen MR) is 329 cm³/mol. The molecule has 432 valence electrons. The zero-order valence-electron chi connectivity index (χ0n) is 50.0. The molecule has 3 saturated heterocycles. The van der Waals surface area contributed by atoms with E-state index in [-0.39, 0.29) is 80.9 Å². The van der Waals surface area contributed by atoms with Crippen LogP contribution in [-0.4, -0.2) is 74.7 Å². The molecule has 10 nitrogen and oxygen atoms in total. The summed E-state index contributed by atoms with van der Waals surface area (Å²) in [5.74, 6) is 0. The molecule has 0 amide bonds. The third-order valence-corrected chi connectivity index (χ3v) is 15.6. The third kappa shape index (κ3) is 17.9. The van der Waals surface area contributed by atoms with Crippen LogP contribution >= 0.6 is 15.9 Å². The number of benzene rings is 4. The number of pyridine rings is 4. The van der Waals surface area contributed by atoms with Crippen molar-refractivity contribution in [2.75, 3.05) is 0 Å². The molecule has 0 N–H and O–H groups in total. The minimum atomic E-state index is -0.476. The number of aryl methyl sites for hydroxylation is 4. The molecule has 4 aromatic heterocycles. The van der Waals surface area contributed by atoms with Crippen LogP contribution in [0, 0.1) is 52.0 Å². The van der Waals surface area contributed by atoms with Crippen molar-refractivity contribution in [2.24, 2.45) is 0 Å². The van der Waals surface area contributed by atoms with Crippen molar-refractivity contribution in [2.45, 2.75) is 144 Å². The van der Waals surface area contributed by atoms with Crippen LogP contribution in [-0.2, 0) is 68.1 Å². The second kappa shape index (κ2) is 28.9. The minimum Gasteiger partial charge on any atom is -0.405 e. The molecule has 11 rings (SSSR count). The Bertz CT molecular complexity index is 3110. The molecule has 0 spiro atoms. The maximum absolute atomic E-state index is 6.11. The molecule has 3 fully saturated rings. The normalized spacial score (nSPS) is 17.1. The van der Waals surface area contributed by atoms with Gasteiger partial charge in [0.1, 0.15) is 0 Å². The maximum Gasteiger partial charge on any atom is 0.488 e. The Balaban J connectivity index is 0.000000190. The van der Waals surface area contributed by atoms with Crippen molar-refractivity contribution in [1.29, 1.82) is 0 Å². The number of hydrogen-bond acceptors (Lipinski definition) is 10. The van der Waals surface area contributed by atoms with E-state index in [1.54, 1.807) is 0 Å². The number of hydrogen-bond donors (Lipinski definition) is 0. The van der Waals surface area contributed by atoms with E-state index in [4.69, 9.17) is 27.9 Å². The van der Waals surface area contributed by atoms with Gasteiger partial charge < -0.3 is 47.9 Å². The fraction of sp³-hybridized carbons (Fsp3) is 0.333. The summed E-state index contributed by atoms with van der Waals surface area (Å²) in [5, 5.41) is 0. The third-order valence-electron chi connectivity index (χ3n) is 15.1. The van der Waals surface area contributed by atoms with E-state index in [1.165, 1.54) is 22.3 Å². The second-order valence-corrected chi connectivity index (χ2v) is 24.1. The first kappa shape index (κ1) is 68.0. The van der Waals surface area contributed by atoms with Crippen LogP contribution in [0.4, 0.5) is 0 Å². The quantitative estimate of drug-likeness (QED) is 0.118. The molecule has 3 aliphatic heterocycles. The second-order valence-electron chi connectivity index (χ2n) is 23.2. The minimum absolute atomic E-state index is 0. The Morgan fingerprint density at radius 1 is 0.354 bits per heavy atom. The van der Waals surface area contributed by atoms with E-state index in [0.29, 0.717) is 0 Å². The number of rotatable bonds is 6. The van der Waals surface area contributed by atoms with Crippen molar-refractivity contribution < 1.29 is 68.1 Å². The summed E-state index contributed by atoms with van der Waals surface area (Å²) < 4.78 is 37.1. The van der Waals surface area contributed by atoms with Gasteiger partial charge in [-0.1, -0.05) is 66.9 Å². The molecule has 0 bridgehead atoms. The summed E-state index contributed by atoms with van der Waals surface area (Å²) in [6.07, 6.45) is 7.29. The molecule has 0 saturated carbocycles. The maximum atomic E-state index is 6.11. The van der Waals surface area contributed by atoms with Gasteiger partial charge in [-0.3, -0.25) is 0 Å². The first-order valence-electron chi connectivity index (χ1n) is 27.1. The van der Waals surface area contributed by atoms with E-state index in [2.05, 4.69) is 140 Å². The van der Waals surface area contributed by atoms with Crippen molar-refractivity contribution in [3.8, 4) is 45.0 Å². The summed E-state index contributed by atoms with van der Waals surface area (Å²) >= 11 is 3.43. The Labute approximate surface area is 525 Å². The first-order chi connectivity index (χ1) is 37.6. The zero-order valence-corrected chi connectivity index (χ0v) is 56.4. The van der Waals surface area contributed by atoms with Gasteiger partial charge in [0, 0.05) is 65.0 Å². The van der Waals surface area contributed by atoms with Crippen LogP contribution in [0.25, 0.3) is 45.0 Å². The monoisotopic (exact) mass is 1520 g/mol. The van der Waals surface area contributed by atoms with Crippen molar-refractivity contribution in [3.05, 3.63) is 209 Å². The zero-order chi connectivity index (χ0) is 58.1. The fourth-order valence-electron chi connectivity index (χ4n) is 8.18. The van der Waals surface area contributed by atoms with Crippen LogP contribution in [0.2, 0.25) is 0 Å². The Kier molecular flexibility index (Phi) is 23.9. The molecular weight excluding hydrogens is 1440 g/mol. The predicted octanol–water partition coefficient (Wildman–Crippen LogP) is 14.7. The van der Waals surface area contributed by atoms with Gasteiger partial charge in [0.05, 0.1) is 33.6 Å². The van der Waals surface area contributed by atoms with Gasteiger partial charge in [0.25, 0.3) is 0 Å². The number of nitrogens with zero attached hydrogens (tertiary/aromatic N) is 4. The summed E-state index contributed by atoms with van der Waals surface area (Å²) in [4.78, 5) is 17.3. The molecule has 3 aliphatic rings. The van der Waals surface area contributed by atoms with Crippen LogP contribution in [0.1, 0.15) is 105 Å². The molecule has 16 heteroatoms. The SMILES string of the molecule is CC1(C)OB(B2OC(C)(C)C(C)(C)O2)OC1(C)C.Cc1ccnc(-c2[c-]ccc(B3OC(C)(C)C(C)(C)O3)c2)c1.Cc1ccnc(-c2[c-]ccc(Br)c2)c1.Cc1ccnc(-c2[c-]cccc2)c1.Cc1ccnc(-c2[c-]cccc2)c1.[Ir].[Ir]. The van der Waals surface area contributed by atoms with Crippen LogP contribution < -0.4 is 5.46 Å². The smallest absolute Gasteiger partial charge is 0.405 e. The molecule has 4 aromatic carbocycles. The summed E-state index contributed by atoms with van der Waals surface area (Å²) in [6, 6.07) is 56.4. The summed E-state index contributed by atoms with van der Waals surface area (Å²) in [5.41, 5.74) is 11.6. The van der Waals surface area contributed by atoms with Crippen molar-refractivity contribution >= 4 is 42.5 Å². The molecule has 82 heavy (non-hydrogen) atoms. The van der Waals surface area contributed by atoms with Gasteiger partial charge in [-0.15, -0.1) is 137 Å². The number of aromatic nitrogens is 4. The molecule has 8 aromatic rings. The van der Waals surface area contributed by atoms with E-state index < -0.39 is 14.0 Å². The molecular formula is C66H74B3BrIr2N4O6-4. The molecule has 2 radical (unpaired) electrons. The Morgan fingerprint density at radius 2 is 0.659 bits per heavy atom. The topological polar surface area (TPSA) is 107 Å². The van der Waals surface area contributed by atoms with Crippen molar-refractivity contribution in [3.63, 3.8) is 0 Å². The van der Waals surface area contributed by atoms with Crippen LogP contribution in [0.15, 0.2) is 163 Å². The van der Waals surface area contributed by atoms with Gasteiger partial charge in [0.15, 0.2) is 0 Å². The van der Waals surface area contributed by atoms with E-state index in [1.807, 2.05) is 189 Å². The van der Waals surface area contributed by atoms with Crippen LogP contribution in [0.5, 0.6) is 0 Å². The average Bonchev–Trinajstić information content (AvgIpc) is 4.04. The van der Waals surface area contributed by atoms with Gasteiger partial charge in [-0.2, -0.15) is 0 Å². The van der Waals surface area contributed by atoms with Gasteiger partial charge >= 0.3 is 21.1 Å². The molecule has 0 aliphatic carbocycles. The standard InChI is InChI=1S/C18H21BNO2.C12H24B2O4.C12H9BrN.2C12H10N.2Ir/c1-13-9-10-20-16(11-13)14-7-6-8-15(12-14)19-21-17(2,3)18(4,5)22-19;1-9(2)10(3,4)16-13(15-9)14-17-11(5,6)12(7,8)18-14;1-9-5-6-14-12(7-9)10-3-2-4-11(13)8-10;2*1-10-7-8-13-12(9-10)11-5-3-2-4-6-11;;/h6,8-12H,1-5H3;1-8H3;2,4-8H,1H3;2*2-5,7-9H,1H3;;/q-1;;3*-1;;. The van der Waals surface area contributed by atoms with E-state index in [9.17, 15) is 0 Å². The Morgan fingerprint density at radius 3 is 0.976 bits per heavy atom. The molecule has 0 unspecified atom stereocenters. The first-order valence-corrected chi connectivity index (χ1v) is 27.8. The van der Waals surface area contributed by atoms with E-state index in [0.717, 1.165) is 55.0 Å². The van der Waals surface area contributed by atoms with Gasteiger partial charge in [-0.25, -0.2) is 0 Å². The van der Waals surface area contributed by atoms with Crippen molar-refractivity contribution in [1.82, 2.24) is 19.9 Å². The molecule has 7 heterocycles. The average molecular weight is 1520 g/mol. The van der Waals surface area contributed by atoms with E-state index >= 15 is 0 Å². The molecule has 0 atom stereocenters.